The van der Waals surface area contributed by atoms with Crippen molar-refractivity contribution in [1.82, 2.24) is 0 Å². The molecule has 0 amide bonds. The highest BCUT2D eigenvalue weighted by Crippen LogP contribution is 2.46. The Balaban J connectivity index is -0.000000378. The highest BCUT2D eigenvalue weighted by molar-refractivity contribution is 7.19. The molecule has 0 N–H and O–H groups in total. The lowest BCUT2D eigenvalue weighted by atomic mass is 9.73. The minimum Gasteiger partial charge on any atom is -0.131 e. The zero-order valence-corrected chi connectivity index (χ0v) is 19.3. The van der Waals surface area contributed by atoms with Crippen molar-refractivity contribution in [2.75, 3.05) is 0 Å². The van der Waals surface area contributed by atoms with Crippen LogP contribution < -0.4 is 0 Å². The summed E-state index contributed by atoms with van der Waals surface area (Å²) in [7, 11) is 3.13. The van der Waals surface area contributed by atoms with Crippen molar-refractivity contribution in [3.05, 3.63) is 0 Å². The lowest BCUT2D eigenvalue weighted by molar-refractivity contribution is 0.225. The van der Waals surface area contributed by atoms with Gasteiger partial charge in [0.15, 0.2) is 0 Å². The van der Waals surface area contributed by atoms with Gasteiger partial charge in [-0.25, -0.2) is 0 Å². The third kappa shape index (κ3) is 12.9. The molecule has 0 fully saturated rings. The monoisotopic (exact) mass is 332 g/mol. The van der Waals surface area contributed by atoms with E-state index < -0.39 is 0 Å². The second kappa shape index (κ2) is 13.8. The third-order valence-electron chi connectivity index (χ3n) is 4.95. The van der Waals surface area contributed by atoms with Crippen LogP contribution in [-0.4, -0.2) is 5.16 Å². The Kier molecular flexibility index (Phi) is 17.2. The van der Waals surface area contributed by atoms with Crippen molar-refractivity contribution in [3.63, 3.8) is 0 Å². The molecule has 138 valence electrons. The van der Waals surface area contributed by atoms with Gasteiger partial charge in [0.25, 0.3) is 0 Å². The largest absolute Gasteiger partial charge is 0.131 e. The van der Waals surface area contributed by atoms with Crippen LogP contribution in [0.1, 0.15) is 109 Å². The first kappa shape index (κ1) is 27.3. The van der Waals surface area contributed by atoms with E-state index >= 15 is 0 Å². The molecule has 22 heavy (non-hydrogen) atoms. The van der Waals surface area contributed by atoms with Crippen LogP contribution in [0.5, 0.6) is 0 Å². The minimum atomic E-state index is 0.397. The molecule has 3 atom stereocenters. The fourth-order valence-electron chi connectivity index (χ4n) is 2.20. The Morgan fingerprint density at radius 2 is 1.18 bits per heavy atom. The van der Waals surface area contributed by atoms with Crippen LogP contribution in [0.25, 0.3) is 0 Å². The molecule has 0 heterocycles. The van der Waals surface area contributed by atoms with Gasteiger partial charge in [0.2, 0.25) is 0 Å². The molecule has 0 aliphatic rings. The first-order valence-corrected chi connectivity index (χ1v) is 10.3. The van der Waals surface area contributed by atoms with Crippen molar-refractivity contribution < 1.29 is 0 Å². The van der Waals surface area contributed by atoms with Crippen molar-refractivity contribution >= 4 is 9.24 Å². The fraction of sp³-hybridized carbons (Fsp3) is 1.00. The van der Waals surface area contributed by atoms with E-state index in [1.54, 1.807) is 0 Å². The Labute approximate surface area is 146 Å². The predicted molar refractivity (Wildman–Crippen MR) is 112 cm³/mol. The summed E-state index contributed by atoms with van der Waals surface area (Å²) in [4.78, 5) is 0. The summed E-state index contributed by atoms with van der Waals surface area (Å²) >= 11 is 0. The molecule has 0 aliphatic heterocycles. The van der Waals surface area contributed by atoms with Crippen LogP contribution >= 0.6 is 9.24 Å². The molecule has 0 aromatic rings. The Morgan fingerprint density at radius 1 is 0.818 bits per heavy atom. The summed E-state index contributed by atoms with van der Waals surface area (Å²) < 4.78 is 0. The standard InChI is InChI=1S/C13H29P.C6H14.C2H6/c1-7-9-11(3)10-13(14,8-2)12(4,5)6;1-5(2)6(3)4;1-2/h11H,7-10,14H2,1-6H3;5-6H,1-4H3;1-2H3. The Morgan fingerprint density at radius 3 is 1.36 bits per heavy atom. The second-order valence-corrected chi connectivity index (χ2v) is 9.45. The topological polar surface area (TPSA) is 0 Å². The number of rotatable bonds is 6. The van der Waals surface area contributed by atoms with E-state index in [1.807, 2.05) is 13.8 Å². The average molecular weight is 333 g/mol. The Hall–Kier alpha value is 0.430. The van der Waals surface area contributed by atoms with Crippen LogP contribution in [0.15, 0.2) is 0 Å². The van der Waals surface area contributed by atoms with Crippen LogP contribution in [0.3, 0.4) is 0 Å². The van der Waals surface area contributed by atoms with E-state index in [9.17, 15) is 0 Å². The van der Waals surface area contributed by atoms with Gasteiger partial charge in [-0.05, 0) is 41.2 Å². The van der Waals surface area contributed by atoms with E-state index in [-0.39, 0.29) is 0 Å². The maximum atomic E-state index is 3.13. The highest BCUT2D eigenvalue weighted by atomic mass is 31.0. The molecular weight excluding hydrogens is 283 g/mol. The zero-order valence-electron chi connectivity index (χ0n) is 18.1. The van der Waals surface area contributed by atoms with Crippen molar-refractivity contribution in [2.45, 2.75) is 114 Å². The summed E-state index contributed by atoms with van der Waals surface area (Å²) in [5, 5.41) is 0.418. The van der Waals surface area contributed by atoms with E-state index in [1.165, 1.54) is 25.7 Å². The molecule has 0 nitrogen and oxygen atoms in total. The predicted octanol–water partition coefficient (Wildman–Crippen LogP) is 8.21. The van der Waals surface area contributed by atoms with Crippen LogP contribution in [0.2, 0.25) is 0 Å². The highest BCUT2D eigenvalue weighted by Gasteiger charge is 2.36. The molecule has 1 heteroatoms. The number of hydrogen-bond acceptors (Lipinski definition) is 0. The van der Waals surface area contributed by atoms with Crippen LogP contribution in [-0.2, 0) is 0 Å². The molecule has 0 bridgehead atoms. The third-order valence-corrected chi connectivity index (χ3v) is 6.46. The molecule has 0 aromatic carbocycles. The molecule has 0 saturated carbocycles. The van der Waals surface area contributed by atoms with Gasteiger partial charge in [0.05, 0.1) is 0 Å². The Bertz CT molecular complexity index is 219. The lowest BCUT2D eigenvalue weighted by Crippen LogP contribution is -2.37. The van der Waals surface area contributed by atoms with Gasteiger partial charge in [0, 0.05) is 0 Å². The molecule has 0 radical (unpaired) electrons. The van der Waals surface area contributed by atoms with Crippen LogP contribution in [0, 0.1) is 23.2 Å². The quantitative estimate of drug-likeness (QED) is 0.430. The minimum absolute atomic E-state index is 0.397. The second-order valence-electron chi connectivity index (χ2n) is 8.35. The van der Waals surface area contributed by atoms with E-state index in [0.29, 0.717) is 10.6 Å². The van der Waals surface area contributed by atoms with Crippen LogP contribution in [0.4, 0.5) is 0 Å². The van der Waals surface area contributed by atoms with Gasteiger partial charge in [-0.1, -0.05) is 95.9 Å². The van der Waals surface area contributed by atoms with E-state index in [2.05, 4.69) is 78.5 Å². The molecule has 3 unspecified atom stereocenters. The maximum Gasteiger partial charge on any atom is -0.0102 e. The van der Waals surface area contributed by atoms with Gasteiger partial charge in [0.1, 0.15) is 0 Å². The zero-order chi connectivity index (χ0) is 18.6. The van der Waals surface area contributed by atoms with Crippen molar-refractivity contribution in [1.29, 1.82) is 0 Å². The maximum absolute atomic E-state index is 3.13. The van der Waals surface area contributed by atoms with Gasteiger partial charge >= 0.3 is 0 Å². The SMILES string of the molecule is CC.CC(C)C(C)C.CCCC(C)CC(P)(CC)C(C)(C)C. The molecule has 0 aromatic heterocycles. The first-order valence-electron chi connectivity index (χ1n) is 9.70. The number of hydrogen-bond donors (Lipinski definition) is 0. The normalized spacial score (nSPS) is 15.4. The molecule has 0 spiro atoms. The summed E-state index contributed by atoms with van der Waals surface area (Å²) in [5.74, 6) is 2.56. The average Bonchev–Trinajstić information content (AvgIpc) is 2.40. The molecule has 0 aliphatic carbocycles. The molecule has 0 saturated heterocycles. The van der Waals surface area contributed by atoms with E-state index in [0.717, 1.165) is 17.8 Å². The summed E-state index contributed by atoms with van der Waals surface area (Å²) in [6.07, 6.45) is 5.28. The summed E-state index contributed by atoms with van der Waals surface area (Å²) in [6, 6.07) is 0. The molecule has 0 rings (SSSR count). The van der Waals surface area contributed by atoms with Gasteiger partial charge in [-0.3, -0.25) is 0 Å². The summed E-state index contributed by atoms with van der Waals surface area (Å²) in [6.45, 7) is 27.0. The van der Waals surface area contributed by atoms with Gasteiger partial charge < -0.3 is 0 Å². The van der Waals surface area contributed by atoms with Crippen molar-refractivity contribution in [2.24, 2.45) is 23.2 Å². The summed E-state index contributed by atoms with van der Waals surface area (Å²) in [5.41, 5.74) is 0.397. The fourth-order valence-corrected chi connectivity index (χ4v) is 2.60. The van der Waals surface area contributed by atoms with Gasteiger partial charge in [-0.15, -0.1) is 9.24 Å². The van der Waals surface area contributed by atoms with Gasteiger partial charge in [-0.2, -0.15) is 0 Å². The first-order chi connectivity index (χ1) is 9.91. The lowest BCUT2D eigenvalue weighted by Gasteiger charge is -2.43. The van der Waals surface area contributed by atoms with Crippen molar-refractivity contribution in [3.8, 4) is 0 Å². The smallest absolute Gasteiger partial charge is 0.0102 e. The van der Waals surface area contributed by atoms with E-state index in [4.69, 9.17) is 0 Å². The molecular formula is C21H49P.